The van der Waals surface area contributed by atoms with Crippen molar-refractivity contribution < 1.29 is 9.90 Å². The summed E-state index contributed by atoms with van der Waals surface area (Å²) in [6, 6.07) is 9.60. The number of likely N-dealkylation sites (tertiary alicyclic amines) is 1. The summed E-state index contributed by atoms with van der Waals surface area (Å²) in [5.41, 5.74) is 0.0521. The first kappa shape index (κ1) is 15.0. The number of rotatable bonds is 4. The van der Waals surface area contributed by atoms with E-state index in [2.05, 4.69) is 18.7 Å². The maximum atomic E-state index is 11.8. The Morgan fingerprint density at radius 3 is 2.30 bits per heavy atom. The molecule has 0 aliphatic carbocycles. The van der Waals surface area contributed by atoms with E-state index in [9.17, 15) is 9.90 Å². The Morgan fingerprint density at radius 2 is 1.80 bits per heavy atom. The van der Waals surface area contributed by atoms with Crippen molar-refractivity contribution in [2.24, 2.45) is 11.8 Å². The second kappa shape index (κ2) is 5.96. The molecule has 0 amide bonds. The van der Waals surface area contributed by atoms with Crippen LogP contribution < -0.4 is 0 Å². The first-order valence-corrected chi connectivity index (χ1v) is 7.43. The molecule has 0 aromatic heterocycles. The molecule has 1 N–H and O–H groups in total. The van der Waals surface area contributed by atoms with Crippen LogP contribution in [-0.2, 0) is 10.2 Å². The topological polar surface area (TPSA) is 40.5 Å². The zero-order valence-electron chi connectivity index (χ0n) is 12.7. The smallest absolute Gasteiger partial charge is 0.315 e. The maximum Gasteiger partial charge on any atom is 0.315 e. The van der Waals surface area contributed by atoms with Crippen LogP contribution in [0.3, 0.4) is 0 Å². The van der Waals surface area contributed by atoms with E-state index in [4.69, 9.17) is 0 Å². The Bertz CT molecular complexity index is 449. The molecule has 1 fully saturated rings. The summed E-state index contributed by atoms with van der Waals surface area (Å²) < 4.78 is 0. The van der Waals surface area contributed by atoms with Crippen LogP contribution in [0.1, 0.15) is 32.8 Å². The van der Waals surface area contributed by atoms with Gasteiger partial charge < -0.3 is 10.0 Å². The van der Waals surface area contributed by atoms with E-state index in [1.54, 1.807) is 0 Å². The molecule has 1 heterocycles. The van der Waals surface area contributed by atoms with Gasteiger partial charge in [0.15, 0.2) is 0 Å². The Labute approximate surface area is 121 Å². The van der Waals surface area contributed by atoms with Crippen LogP contribution in [-0.4, -0.2) is 35.6 Å². The number of carboxylic acids is 1. The van der Waals surface area contributed by atoms with Gasteiger partial charge in [-0.05, 0) is 30.7 Å². The predicted octanol–water partition coefficient (Wildman–Crippen LogP) is 3.01. The van der Waals surface area contributed by atoms with Gasteiger partial charge in [0.2, 0.25) is 0 Å². The zero-order chi connectivity index (χ0) is 14.8. The largest absolute Gasteiger partial charge is 0.481 e. The molecule has 1 aliphatic rings. The quantitative estimate of drug-likeness (QED) is 0.918. The number of nitrogens with zero attached hydrogens (tertiary/aromatic N) is 1. The van der Waals surface area contributed by atoms with Gasteiger partial charge in [-0.15, -0.1) is 0 Å². The molecular weight excluding hydrogens is 250 g/mol. The lowest BCUT2D eigenvalue weighted by Gasteiger charge is -2.39. The first-order chi connectivity index (χ1) is 9.41. The van der Waals surface area contributed by atoms with Crippen LogP contribution in [0.15, 0.2) is 30.3 Å². The van der Waals surface area contributed by atoms with Crippen molar-refractivity contribution in [2.45, 2.75) is 32.6 Å². The lowest BCUT2D eigenvalue weighted by atomic mass is 9.80. The van der Waals surface area contributed by atoms with Crippen molar-refractivity contribution in [2.75, 3.05) is 19.6 Å². The van der Waals surface area contributed by atoms with Gasteiger partial charge in [-0.25, -0.2) is 0 Å². The summed E-state index contributed by atoms with van der Waals surface area (Å²) in [5, 5.41) is 9.72. The molecule has 0 spiro atoms. The molecule has 1 aliphatic heterocycles. The molecule has 20 heavy (non-hydrogen) atoms. The first-order valence-electron chi connectivity index (χ1n) is 7.43. The highest BCUT2D eigenvalue weighted by atomic mass is 16.4. The summed E-state index contributed by atoms with van der Waals surface area (Å²) >= 11 is 0. The third-order valence-electron chi connectivity index (χ3n) is 4.37. The van der Waals surface area contributed by atoms with Crippen molar-refractivity contribution in [3.63, 3.8) is 0 Å². The molecule has 1 saturated heterocycles. The van der Waals surface area contributed by atoms with Crippen molar-refractivity contribution >= 4 is 5.97 Å². The predicted molar refractivity (Wildman–Crippen MR) is 80.8 cm³/mol. The minimum Gasteiger partial charge on any atom is -0.481 e. The van der Waals surface area contributed by atoms with E-state index in [0.717, 1.165) is 18.7 Å². The van der Waals surface area contributed by atoms with Crippen LogP contribution in [0.4, 0.5) is 0 Å². The van der Waals surface area contributed by atoms with E-state index < -0.39 is 11.4 Å². The monoisotopic (exact) mass is 275 g/mol. The second-order valence-electron chi connectivity index (χ2n) is 6.64. The van der Waals surface area contributed by atoms with Crippen molar-refractivity contribution in [1.29, 1.82) is 0 Å². The third-order valence-corrected chi connectivity index (χ3v) is 4.37. The van der Waals surface area contributed by atoms with Crippen molar-refractivity contribution in [3.05, 3.63) is 35.9 Å². The zero-order valence-corrected chi connectivity index (χ0v) is 12.7. The lowest BCUT2D eigenvalue weighted by molar-refractivity contribution is -0.144. The van der Waals surface area contributed by atoms with Gasteiger partial charge in [-0.2, -0.15) is 0 Å². The highest BCUT2D eigenvalue weighted by Crippen LogP contribution is 2.29. The number of aliphatic carboxylic acids is 1. The number of piperidine rings is 1. The fraction of sp³-hybridized carbons (Fsp3) is 0.588. The summed E-state index contributed by atoms with van der Waals surface area (Å²) in [6.07, 6.45) is 1.24. The fourth-order valence-electron chi connectivity index (χ4n) is 3.46. The van der Waals surface area contributed by atoms with Gasteiger partial charge >= 0.3 is 5.97 Å². The summed E-state index contributed by atoms with van der Waals surface area (Å²) in [7, 11) is 0. The molecule has 3 unspecified atom stereocenters. The van der Waals surface area contributed by atoms with Crippen LogP contribution in [0.25, 0.3) is 0 Å². The van der Waals surface area contributed by atoms with E-state index in [1.807, 2.05) is 37.3 Å². The highest BCUT2D eigenvalue weighted by molar-refractivity contribution is 5.81. The molecule has 0 saturated carbocycles. The Kier molecular flexibility index (Phi) is 4.48. The van der Waals surface area contributed by atoms with E-state index >= 15 is 0 Å². The number of carboxylic acid groups (broad SMARTS) is 1. The van der Waals surface area contributed by atoms with Crippen LogP contribution in [0, 0.1) is 11.8 Å². The van der Waals surface area contributed by atoms with E-state index in [0.29, 0.717) is 18.4 Å². The highest BCUT2D eigenvalue weighted by Gasteiger charge is 2.38. The summed E-state index contributed by atoms with van der Waals surface area (Å²) in [6.45, 7) is 8.93. The molecule has 1 aromatic carbocycles. The van der Waals surface area contributed by atoms with Gasteiger partial charge in [-0.3, -0.25) is 4.79 Å². The van der Waals surface area contributed by atoms with E-state index in [-0.39, 0.29) is 0 Å². The van der Waals surface area contributed by atoms with Crippen molar-refractivity contribution in [3.8, 4) is 0 Å². The number of hydrogen-bond acceptors (Lipinski definition) is 2. The SMILES string of the molecule is CC1CC(C)CN(CC(C)(C(=O)O)c2ccccc2)C1. The number of hydrogen-bond donors (Lipinski definition) is 1. The van der Waals surface area contributed by atoms with Gasteiger partial charge in [0, 0.05) is 19.6 Å². The Balaban J connectivity index is 2.20. The van der Waals surface area contributed by atoms with Crippen LogP contribution in [0.5, 0.6) is 0 Å². The standard InChI is InChI=1S/C17H25NO2/c1-13-9-14(2)11-18(10-13)12-17(3,16(19)20)15-7-5-4-6-8-15/h4-8,13-14H,9-12H2,1-3H3,(H,19,20). The molecule has 0 bridgehead atoms. The molecule has 3 heteroatoms. The molecule has 3 nitrogen and oxygen atoms in total. The number of benzene rings is 1. The molecular formula is C17H25NO2. The summed E-state index contributed by atoms with van der Waals surface area (Å²) in [4.78, 5) is 14.2. The average Bonchev–Trinajstić information content (AvgIpc) is 2.38. The minimum absolute atomic E-state index is 0.584. The maximum absolute atomic E-state index is 11.8. The average molecular weight is 275 g/mol. The Hall–Kier alpha value is -1.35. The minimum atomic E-state index is -0.835. The lowest BCUT2D eigenvalue weighted by Crippen LogP contribution is -2.49. The molecule has 1 aromatic rings. The van der Waals surface area contributed by atoms with Crippen LogP contribution in [0.2, 0.25) is 0 Å². The molecule has 110 valence electrons. The molecule has 2 rings (SSSR count). The van der Waals surface area contributed by atoms with Crippen molar-refractivity contribution in [1.82, 2.24) is 4.90 Å². The van der Waals surface area contributed by atoms with Gasteiger partial charge in [0.25, 0.3) is 0 Å². The second-order valence-corrected chi connectivity index (χ2v) is 6.64. The fourth-order valence-corrected chi connectivity index (χ4v) is 3.46. The van der Waals surface area contributed by atoms with Gasteiger partial charge in [-0.1, -0.05) is 44.2 Å². The van der Waals surface area contributed by atoms with E-state index in [1.165, 1.54) is 6.42 Å². The third kappa shape index (κ3) is 3.21. The summed E-state index contributed by atoms with van der Waals surface area (Å²) in [5.74, 6) is 0.551. The van der Waals surface area contributed by atoms with Crippen LogP contribution >= 0.6 is 0 Å². The number of carbonyl (C=O) groups is 1. The normalized spacial score (nSPS) is 26.9. The van der Waals surface area contributed by atoms with Gasteiger partial charge in [0.05, 0.1) is 0 Å². The van der Waals surface area contributed by atoms with Gasteiger partial charge in [0.1, 0.15) is 5.41 Å². The Morgan fingerprint density at radius 1 is 1.25 bits per heavy atom. The molecule has 3 atom stereocenters. The molecule has 0 radical (unpaired) electrons.